The van der Waals surface area contributed by atoms with Crippen molar-refractivity contribution in [3.63, 3.8) is 0 Å². The van der Waals surface area contributed by atoms with Crippen LogP contribution in [0.15, 0.2) is 36.5 Å². The van der Waals surface area contributed by atoms with Crippen LogP contribution in [0.5, 0.6) is 0 Å². The molecule has 0 aromatic heterocycles. The second-order valence-corrected chi connectivity index (χ2v) is 17.8. The van der Waals surface area contributed by atoms with Gasteiger partial charge in [0.15, 0.2) is 0 Å². The van der Waals surface area contributed by atoms with Gasteiger partial charge in [0.2, 0.25) is 5.91 Å². The van der Waals surface area contributed by atoms with E-state index in [0.29, 0.717) is 25.9 Å². The molecule has 0 saturated carbocycles. The van der Waals surface area contributed by atoms with E-state index in [1.54, 1.807) is 0 Å². The molecule has 0 aliphatic carbocycles. The molecule has 0 rings (SSSR count). The molecule has 6 heteroatoms. The quantitative estimate of drug-likeness (QED) is 0.0322. The average Bonchev–Trinajstić information content (AvgIpc) is 3.25. The van der Waals surface area contributed by atoms with Crippen LogP contribution in [0.2, 0.25) is 0 Å². The van der Waals surface area contributed by atoms with Gasteiger partial charge in [-0.05, 0) is 83.5 Å². The van der Waals surface area contributed by atoms with Crippen molar-refractivity contribution in [2.24, 2.45) is 0 Å². The minimum absolute atomic E-state index is 0.0146. The number of amides is 1. The van der Waals surface area contributed by atoms with E-state index in [0.717, 1.165) is 77.0 Å². The fourth-order valence-electron chi connectivity index (χ4n) is 7.84. The van der Waals surface area contributed by atoms with Crippen molar-refractivity contribution in [1.82, 2.24) is 5.32 Å². The van der Waals surface area contributed by atoms with Crippen LogP contribution in [0, 0.1) is 0 Å². The van der Waals surface area contributed by atoms with Gasteiger partial charge in [0, 0.05) is 12.8 Å². The summed E-state index contributed by atoms with van der Waals surface area (Å²) in [6, 6.07) is -0.551. The largest absolute Gasteiger partial charge is 0.466 e. The summed E-state index contributed by atoms with van der Waals surface area (Å²) < 4.78 is 5.46. The van der Waals surface area contributed by atoms with E-state index in [9.17, 15) is 19.8 Å². The molecule has 0 aromatic rings. The summed E-state index contributed by atoms with van der Waals surface area (Å²) in [7, 11) is 0. The van der Waals surface area contributed by atoms with Crippen molar-refractivity contribution in [3.05, 3.63) is 36.5 Å². The Labute approximate surface area is 373 Å². The smallest absolute Gasteiger partial charge is 0.305 e. The molecule has 2 unspecified atom stereocenters. The first-order valence-electron chi connectivity index (χ1n) is 26.2. The topological polar surface area (TPSA) is 95.9 Å². The molecule has 0 radical (unpaired) electrons. The number of unbranched alkanes of at least 4 members (excludes halogenated alkanes) is 31. The second-order valence-electron chi connectivity index (χ2n) is 17.8. The maximum Gasteiger partial charge on any atom is 0.305 e. The van der Waals surface area contributed by atoms with Gasteiger partial charge in [-0.15, -0.1) is 0 Å². The molecule has 60 heavy (non-hydrogen) atoms. The lowest BCUT2D eigenvalue weighted by Gasteiger charge is -2.22. The van der Waals surface area contributed by atoms with Gasteiger partial charge in [-0.1, -0.05) is 211 Å². The van der Waals surface area contributed by atoms with Crippen molar-refractivity contribution in [1.29, 1.82) is 0 Å². The first-order chi connectivity index (χ1) is 29.5. The highest BCUT2D eigenvalue weighted by Gasteiger charge is 2.20. The molecule has 1 amide bonds. The number of carbonyl (C=O) groups excluding carboxylic acids is 2. The predicted octanol–water partition coefficient (Wildman–Crippen LogP) is 15.7. The Bertz CT molecular complexity index is 977. The van der Waals surface area contributed by atoms with E-state index in [1.165, 1.54) is 161 Å². The lowest BCUT2D eigenvalue weighted by Crippen LogP contribution is -2.45. The highest BCUT2D eigenvalue weighted by atomic mass is 16.5. The molecule has 0 aliphatic rings. The number of hydrogen-bond donors (Lipinski definition) is 3. The molecule has 0 spiro atoms. The first-order valence-corrected chi connectivity index (χ1v) is 26.2. The summed E-state index contributed by atoms with van der Waals surface area (Å²) in [5.41, 5.74) is 0. The van der Waals surface area contributed by atoms with E-state index in [-0.39, 0.29) is 18.5 Å². The SMILES string of the molecule is CCCCC/C=C\C/C=C\CCCCCCCCCCCC(=O)OCCCCCC/C=C\CCCCCCCCCC(=O)NC(CO)C(O)CCCCCCCCCCC. The zero-order valence-corrected chi connectivity index (χ0v) is 39.9. The van der Waals surface area contributed by atoms with Crippen molar-refractivity contribution in [2.45, 2.75) is 283 Å². The van der Waals surface area contributed by atoms with Gasteiger partial charge in [-0.3, -0.25) is 9.59 Å². The Kier molecular flexibility index (Phi) is 48.1. The highest BCUT2D eigenvalue weighted by Crippen LogP contribution is 2.15. The van der Waals surface area contributed by atoms with E-state index in [1.807, 2.05) is 0 Å². The lowest BCUT2D eigenvalue weighted by molar-refractivity contribution is -0.143. The van der Waals surface area contributed by atoms with Gasteiger partial charge in [0.1, 0.15) is 0 Å². The van der Waals surface area contributed by atoms with Crippen LogP contribution in [0.25, 0.3) is 0 Å². The number of esters is 1. The number of ether oxygens (including phenoxy) is 1. The third-order valence-corrected chi connectivity index (χ3v) is 11.9. The molecule has 0 heterocycles. The Balaban J connectivity index is 3.44. The zero-order valence-electron chi connectivity index (χ0n) is 39.9. The van der Waals surface area contributed by atoms with Gasteiger partial charge in [0.25, 0.3) is 0 Å². The van der Waals surface area contributed by atoms with Crippen molar-refractivity contribution in [3.8, 4) is 0 Å². The molecule has 2 atom stereocenters. The van der Waals surface area contributed by atoms with Crippen LogP contribution >= 0.6 is 0 Å². The first kappa shape index (κ1) is 58.1. The standard InChI is InChI=1S/C54H101NO5/c1-3-5-7-9-11-13-14-15-16-17-18-19-22-25-28-32-36-40-44-48-54(59)60-49-45-41-37-33-29-26-23-20-21-24-27-31-35-39-43-47-53(58)55-51(50-56)52(57)46-42-38-34-30-12-10-8-6-4-2/h11,13,15-16,23,26,51-52,56-57H,3-10,12,14,17-22,24-25,27-50H2,1-2H3,(H,55,58)/b13-11-,16-15-,26-23-. The molecular formula is C54H101NO5. The average molecular weight is 844 g/mol. The van der Waals surface area contributed by atoms with Crippen molar-refractivity contribution < 1.29 is 24.5 Å². The van der Waals surface area contributed by atoms with E-state index in [2.05, 4.69) is 55.6 Å². The van der Waals surface area contributed by atoms with Crippen molar-refractivity contribution >= 4 is 11.9 Å². The zero-order chi connectivity index (χ0) is 43.7. The minimum Gasteiger partial charge on any atom is -0.466 e. The monoisotopic (exact) mass is 844 g/mol. The summed E-state index contributed by atoms with van der Waals surface area (Å²) in [6.07, 6.45) is 59.8. The fraction of sp³-hybridized carbons (Fsp3) is 0.852. The van der Waals surface area contributed by atoms with Gasteiger partial charge in [-0.25, -0.2) is 0 Å². The Morgan fingerprint density at radius 1 is 0.467 bits per heavy atom. The molecule has 0 aromatic carbocycles. The summed E-state index contributed by atoms with van der Waals surface area (Å²) in [6.45, 7) is 4.86. The Morgan fingerprint density at radius 2 is 0.833 bits per heavy atom. The highest BCUT2D eigenvalue weighted by molar-refractivity contribution is 5.76. The second kappa shape index (κ2) is 49.7. The summed E-state index contributed by atoms with van der Waals surface area (Å²) in [5, 5.41) is 23.0. The molecule has 0 aliphatic heterocycles. The van der Waals surface area contributed by atoms with Crippen molar-refractivity contribution in [2.75, 3.05) is 13.2 Å². The lowest BCUT2D eigenvalue weighted by atomic mass is 10.0. The molecule has 3 N–H and O–H groups in total. The van der Waals surface area contributed by atoms with Crippen LogP contribution in [0.1, 0.15) is 271 Å². The van der Waals surface area contributed by atoms with Crippen LogP contribution in [-0.2, 0) is 14.3 Å². The van der Waals surface area contributed by atoms with Crippen LogP contribution in [0.4, 0.5) is 0 Å². The van der Waals surface area contributed by atoms with Crippen LogP contribution in [0.3, 0.4) is 0 Å². The Morgan fingerprint density at radius 3 is 1.32 bits per heavy atom. The molecule has 0 saturated heterocycles. The minimum atomic E-state index is -0.672. The maximum atomic E-state index is 12.4. The number of nitrogens with one attached hydrogen (secondary N) is 1. The van der Waals surface area contributed by atoms with E-state index in [4.69, 9.17) is 4.74 Å². The number of allylic oxidation sites excluding steroid dienone is 6. The van der Waals surface area contributed by atoms with E-state index < -0.39 is 12.1 Å². The molecule has 6 nitrogen and oxygen atoms in total. The number of carbonyl (C=O) groups is 2. The maximum absolute atomic E-state index is 12.4. The molecule has 352 valence electrons. The predicted molar refractivity (Wildman–Crippen MR) is 259 cm³/mol. The third-order valence-electron chi connectivity index (χ3n) is 11.9. The summed E-state index contributed by atoms with van der Waals surface area (Å²) in [4.78, 5) is 24.4. The van der Waals surface area contributed by atoms with Gasteiger partial charge in [0.05, 0.1) is 25.4 Å². The van der Waals surface area contributed by atoms with Gasteiger partial charge >= 0.3 is 5.97 Å². The van der Waals surface area contributed by atoms with Crippen LogP contribution < -0.4 is 5.32 Å². The summed E-state index contributed by atoms with van der Waals surface area (Å²) in [5.74, 6) is -0.0683. The normalized spacial score (nSPS) is 12.9. The number of aliphatic hydroxyl groups excluding tert-OH is 2. The number of rotatable bonds is 48. The van der Waals surface area contributed by atoms with E-state index >= 15 is 0 Å². The van der Waals surface area contributed by atoms with Crippen LogP contribution in [-0.4, -0.2) is 47.4 Å². The van der Waals surface area contributed by atoms with Gasteiger partial charge < -0.3 is 20.3 Å². The number of hydrogen-bond acceptors (Lipinski definition) is 5. The fourth-order valence-corrected chi connectivity index (χ4v) is 7.84. The summed E-state index contributed by atoms with van der Waals surface area (Å²) >= 11 is 0. The van der Waals surface area contributed by atoms with Gasteiger partial charge in [-0.2, -0.15) is 0 Å². The molecule has 0 fully saturated rings. The molecular weight excluding hydrogens is 743 g/mol. The number of aliphatic hydroxyl groups is 2. The molecule has 0 bridgehead atoms. The Hall–Kier alpha value is -1.92. The third kappa shape index (κ3) is 45.6.